The highest BCUT2D eigenvalue weighted by molar-refractivity contribution is 9.10. The number of imidazole rings is 1. The molecule has 0 aliphatic carbocycles. The predicted octanol–water partition coefficient (Wildman–Crippen LogP) is 2.60. The highest BCUT2D eigenvalue weighted by atomic mass is 79.9. The van der Waals surface area contributed by atoms with Crippen molar-refractivity contribution in [1.82, 2.24) is 14.9 Å². The molecule has 1 amide bonds. The van der Waals surface area contributed by atoms with E-state index in [4.69, 9.17) is 4.42 Å². The monoisotopic (exact) mass is 337 g/mol. The van der Waals surface area contributed by atoms with Gasteiger partial charge in [0, 0.05) is 30.8 Å². The summed E-state index contributed by atoms with van der Waals surface area (Å²) in [6.45, 7) is 4.62. The first-order chi connectivity index (χ1) is 9.52. The molecular weight excluding hydrogens is 322 g/mol. The normalized spacial score (nSPS) is 17.9. The van der Waals surface area contributed by atoms with Crippen LogP contribution < -0.4 is 5.32 Å². The lowest BCUT2D eigenvalue weighted by Gasteiger charge is -2.24. The summed E-state index contributed by atoms with van der Waals surface area (Å²) in [5, 5.41) is 3.04. The van der Waals surface area contributed by atoms with Crippen molar-refractivity contribution < 1.29 is 9.21 Å². The number of fused-ring (bicyclic) bond motifs is 1. The summed E-state index contributed by atoms with van der Waals surface area (Å²) < 4.78 is 8.08. The lowest BCUT2D eigenvalue weighted by molar-refractivity contribution is 0.0897. The number of nitrogens with one attached hydrogen (secondary N) is 1. The Morgan fingerprint density at radius 1 is 1.55 bits per heavy atom. The molecule has 1 aliphatic heterocycles. The zero-order chi connectivity index (χ0) is 14.3. The van der Waals surface area contributed by atoms with Crippen molar-refractivity contribution in [2.75, 3.05) is 0 Å². The molecule has 3 rings (SSSR count). The lowest BCUT2D eigenvalue weighted by atomic mass is 10.1. The Kier molecular flexibility index (Phi) is 3.41. The van der Waals surface area contributed by atoms with Crippen LogP contribution in [0.5, 0.6) is 0 Å². The molecule has 3 heterocycles. The van der Waals surface area contributed by atoms with Crippen LogP contribution in [0.15, 0.2) is 21.3 Å². The molecule has 6 heteroatoms. The molecule has 2 aromatic rings. The fourth-order valence-corrected chi connectivity index (χ4v) is 3.13. The van der Waals surface area contributed by atoms with E-state index in [-0.39, 0.29) is 11.9 Å². The molecule has 0 unspecified atom stereocenters. The summed E-state index contributed by atoms with van der Waals surface area (Å²) in [7, 11) is 0. The largest absolute Gasteiger partial charge is 0.444 e. The smallest absolute Gasteiger partial charge is 0.287 e. The van der Waals surface area contributed by atoms with Crippen LogP contribution in [0.2, 0.25) is 0 Å². The second-order valence-corrected chi connectivity index (χ2v) is 6.00. The van der Waals surface area contributed by atoms with Crippen molar-refractivity contribution >= 4 is 21.8 Å². The van der Waals surface area contributed by atoms with Gasteiger partial charge in [0.25, 0.3) is 5.91 Å². The molecule has 5 nitrogen and oxygen atoms in total. The number of rotatable bonds is 2. The minimum atomic E-state index is -0.154. The summed E-state index contributed by atoms with van der Waals surface area (Å²) in [5.41, 5.74) is 1.86. The van der Waals surface area contributed by atoms with Gasteiger partial charge in [0.1, 0.15) is 5.82 Å². The van der Waals surface area contributed by atoms with Crippen LogP contribution in [0.4, 0.5) is 0 Å². The maximum absolute atomic E-state index is 12.2. The van der Waals surface area contributed by atoms with Gasteiger partial charge in [0.2, 0.25) is 0 Å². The molecule has 0 fully saturated rings. The van der Waals surface area contributed by atoms with Crippen molar-refractivity contribution in [2.24, 2.45) is 0 Å². The first-order valence-corrected chi connectivity index (χ1v) is 7.41. The van der Waals surface area contributed by atoms with Crippen LogP contribution in [0, 0.1) is 13.8 Å². The molecule has 0 bridgehead atoms. The Morgan fingerprint density at radius 3 is 3.05 bits per heavy atom. The Bertz CT molecular complexity index is 659. The molecule has 1 aliphatic rings. The highest BCUT2D eigenvalue weighted by Crippen LogP contribution is 2.20. The van der Waals surface area contributed by atoms with Crippen molar-refractivity contribution in [3.8, 4) is 0 Å². The zero-order valence-electron chi connectivity index (χ0n) is 11.4. The maximum Gasteiger partial charge on any atom is 0.287 e. The summed E-state index contributed by atoms with van der Waals surface area (Å²) in [5.74, 6) is 1.33. The van der Waals surface area contributed by atoms with Crippen LogP contribution in [0.3, 0.4) is 0 Å². The summed E-state index contributed by atoms with van der Waals surface area (Å²) >= 11 is 3.24. The minimum absolute atomic E-state index is 0.117. The van der Waals surface area contributed by atoms with E-state index in [1.807, 2.05) is 20.0 Å². The molecule has 106 valence electrons. The number of furan rings is 1. The summed E-state index contributed by atoms with van der Waals surface area (Å²) in [6, 6.07) is 1.92. The first-order valence-electron chi connectivity index (χ1n) is 6.62. The van der Waals surface area contributed by atoms with E-state index >= 15 is 0 Å². The van der Waals surface area contributed by atoms with Gasteiger partial charge in [-0.3, -0.25) is 4.79 Å². The third kappa shape index (κ3) is 2.52. The number of carbonyl (C=O) groups is 1. The first kappa shape index (κ1) is 13.4. The molecule has 0 radical (unpaired) electrons. The lowest BCUT2D eigenvalue weighted by Crippen LogP contribution is -2.40. The molecular formula is C14H16BrN3O2. The topological polar surface area (TPSA) is 60.1 Å². The van der Waals surface area contributed by atoms with Gasteiger partial charge >= 0.3 is 0 Å². The fraction of sp³-hybridized carbons (Fsp3) is 0.429. The zero-order valence-corrected chi connectivity index (χ0v) is 13.0. The van der Waals surface area contributed by atoms with Gasteiger partial charge in [0.15, 0.2) is 10.4 Å². The van der Waals surface area contributed by atoms with Crippen molar-refractivity contribution in [1.29, 1.82) is 0 Å². The van der Waals surface area contributed by atoms with Gasteiger partial charge < -0.3 is 14.3 Å². The Hall–Kier alpha value is -1.56. The van der Waals surface area contributed by atoms with Crippen LogP contribution in [0.25, 0.3) is 0 Å². The van der Waals surface area contributed by atoms with Crippen LogP contribution >= 0.6 is 15.9 Å². The standard InChI is InChI=1S/C14H16BrN3O2/c1-8-5-11(15)20-13(8)14(19)17-10-3-4-12-16-9(2)6-18(12)7-10/h5-6,10H,3-4,7H2,1-2H3,(H,17,19)/t10-/m0/s1. The number of nitrogens with zero attached hydrogens (tertiary/aromatic N) is 2. The van der Waals surface area contributed by atoms with E-state index in [1.54, 1.807) is 6.07 Å². The number of aryl methyl sites for hydroxylation is 3. The van der Waals surface area contributed by atoms with Crippen molar-refractivity contribution in [3.05, 3.63) is 39.8 Å². The fourth-order valence-electron chi connectivity index (χ4n) is 2.62. The van der Waals surface area contributed by atoms with Crippen molar-refractivity contribution in [2.45, 2.75) is 39.3 Å². The number of halogens is 1. The maximum atomic E-state index is 12.2. The van der Waals surface area contributed by atoms with E-state index in [2.05, 4.69) is 30.8 Å². The number of hydrogen-bond donors (Lipinski definition) is 1. The van der Waals surface area contributed by atoms with E-state index in [0.717, 1.165) is 36.5 Å². The predicted molar refractivity (Wildman–Crippen MR) is 77.7 cm³/mol. The van der Waals surface area contributed by atoms with Crippen molar-refractivity contribution in [3.63, 3.8) is 0 Å². The molecule has 1 atom stereocenters. The van der Waals surface area contributed by atoms with E-state index in [9.17, 15) is 4.79 Å². The SMILES string of the molecule is Cc1cn2c(n1)CC[C@H](NC(=O)c1oc(Br)cc1C)C2. The van der Waals surface area contributed by atoms with Gasteiger partial charge in [-0.15, -0.1) is 0 Å². The molecule has 0 aromatic carbocycles. The van der Waals surface area contributed by atoms with E-state index < -0.39 is 0 Å². The second kappa shape index (κ2) is 5.09. The average Bonchev–Trinajstić information content (AvgIpc) is 2.90. The van der Waals surface area contributed by atoms with Gasteiger partial charge in [-0.1, -0.05) is 0 Å². The molecule has 20 heavy (non-hydrogen) atoms. The Balaban J connectivity index is 1.70. The average molecular weight is 338 g/mol. The van der Waals surface area contributed by atoms with Crippen LogP contribution in [-0.2, 0) is 13.0 Å². The number of hydrogen-bond acceptors (Lipinski definition) is 3. The third-order valence-corrected chi connectivity index (χ3v) is 3.93. The van der Waals surface area contributed by atoms with Crippen LogP contribution in [-0.4, -0.2) is 21.5 Å². The van der Waals surface area contributed by atoms with Crippen LogP contribution in [0.1, 0.15) is 34.1 Å². The van der Waals surface area contributed by atoms with Gasteiger partial charge in [0.05, 0.1) is 5.69 Å². The van der Waals surface area contributed by atoms with Gasteiger partial charge in [-0.25, -0.2) is 4.98 Å². The van der Waals surface area contributed by atoms with Gasteiger partial charge in [-0.2, -0.15) is 0 Å². The van der Waals surface area contributed by atoms with Gasteiger partial charge in [-0.05, 0) is 42.3 Å². The molecule has 0 spiro atoms. The van der Waals surface area contributed by atoms with E-state index in [1.165, 1.54) is 0 Å². The Morgan fingerprint density at radius 2 is 2.35 bits per heavy atom. The summed E-state index contributed by atoms with van der Waals surface area (Å²) in [6.07, 6.45) is 3.82. The number of carbonyl (C=O) groups excluding carboxylic acids is 1. The van der Waals surface area contributed by atoms with E-state index in [0.29, 0.717) is 10.4 Å². The highest BCUT2D eigenvalue weighted by Gasteiger charge is 2.23. The quantitative estimate of drug-likeness (QED) is 0.916. The number of aromatic nitrogens is 2. The second-order valence-electron chi connectivity index (χ2n) is 5.22. The third-order valence-electron chi connectivity index (χ3n) is 3.54. The molecule has 0 saturated heterocycles. The Labute approximate surface area is 125 Å². The number of amides is 1. The molecule has 0 saturated carbocycles. The molecule has 1 N–H and O–H groups in total. The summed E-state index contributed by atoms with van der Waals surface area (Å²) in [4.78, 5) is 16.7. The minimum Gasteiger partial charge on any atom is -0.444 e. The molecule has 2 aromatic heterocycles.